The fraction of sp³-hybridized carbons (Fsp3) is 0.364. The zero-order valence-corrected chi connectivity index (χ0v) is 17.4. The minimum absolute atomic E-state index is 0.0644. The van der Waals surface area contributed by atoms with Gasteiger partial charge in [-0.05, 0) is 30.7 Å². The molecule has 0 radical (unpaired) electrons. The molecule has 0 aromatic heterocycles. The number of thioether (sulfide) groups is 1. The average molecular weight is 416 g/mol. The Morgan fingerprint density at radius 3 is 2.62 bits per heavy atom. The third kappa shape index (κ3) is 3.03. The quantitative estimate of drug-likeness (QED) is 0.753. The first-order chi connectivity index (χ1) is 13.8. The number of rotatable bonds is 3. The fourth-order valence-electron chi connectivity index (χ4n) is 4.04. The summed E-state index contributed by atoms with van der Waals surface area (Å²) < 4.78 is 27.0. The van der Waals surface area contributed by atoms with E-state index in [4.69, 9.17) is 0 Å². The lowest BCUT2D eigenvalue weighted by molar-refractivity contribution is -0.142. The highest BCUT2D eigenvalue weighted by atomic mass is 32.2. The van der Waals surface area contributed by atoms with E-state index in [0.717, 1.165) is 23.3 Å². The van der Waals surface area contributed by atoms with Crippen molar-refractivity contribution >= 4 is 29.3 Å². The van der Waals surface area contributed by atoms with Crippen molar-refractivity contribution in [3.05, 3.63) is 64.7 Å². The number of hydrogen-bond donors (Lipinski definition) is 0. The van der Waals surface area contributed by atoms with E-state index in [1.165, 1.54) is 17.8 Å². The van der Waals surface area contributed by atoms with Crippen LogP contribution in [0.1, 0.15) is 30.5 Å². The number of hydrogen-bond acceptors (Lipinski definition) is 3. The third-order valence-electron chi connectivity index (χ3n) is 5.43. The van der Waals surface area contributed by atoms with Gasteiger partial charge in [-0.2, -0.15) is 0 Å². The van der Waals surface area contributed by atoms with Crippen LogP contribution in [0, 0.1) is 24.5 Å². The molecule has 2 aromatic rings. The number of anilines is 1. The van der Waals surface area contributed by atoms with Crippen LogP contribution in [0.3, 0.4) is 0 Å². The SMILES string of the molecule is Cc1ccc2c(c1)C1(SCCN1C(=O)C(C)C)C(=O)N2Cc1ccc(F)c(F)c1. The minimum Gasteiger partial charge on any atom is -0.315 e. The van der Waals surface area contributed by atoms with Gasteiger partial charge in [-0.3, -0.25) is 9.59 Å². The molecule has 1 atom stereocenters. The van der Waals surface area contributed by atoms with Crippen LogP contribution in [-0.4, -0.2) is 29.0 Å². The summed E-state index contributed by atoms with van der Waals surface area (Å²) >= 11 is 1.47. The molecule has 0 aliphatic carbocycles. The van der Waals surface area contributed by atoms with E-state index in [0.29, 0.717) is 23.5 Å². The van der Waals surface area contributed by atoms with Crippen LogP contribution in [0.2, 0.25) is 0 Å². The summed E-state index contributed by atoms with van der Waals surface area (Å²) in [6, 6.07) is 9.39. The average Bonchev–Trinajstić information content (AvgIpc) is 3.21. The van der Waals surface area contributed by atoms with E-state index in [9.17, 15) is 18.4 Å². The molecule has 2 aliphatic rings. The van der Waals surface area contributed by atoms with Crippen molar-refractivity contribution in [3.63, 3.8) is 0 Å². The molecule has 1 unspecified atom stereocenters. The maximum Gasteiger partial charge on any atom is 0.268 e. The van der Waals surface area contributed by atoms with Gasteiger partial charge in [-0.1, -0.05) is 37.6 Å². The first-order valence-corrected chi connectivity index (χ1v) is 10.6. The van der Waals surface area contributed by atoms with E-state index in [-0.39, 0.29) is 24.3 Å². The van der Waals surface area contributed by atoms with Gasteiger partial charge in [0.1, 0.15) is 0 Å². The number of carbonyl (C=O) groups is 2. The zero-order chi connectivity index (χ0) is 20.9. The molecule has 7 heteroatoms. The number of aryl methyl sites for hydroxylation is 1. The second-order valence-corrected chi connectivity index (χ2v) is 9.09. The van der Waals surface area contributed by atoms with Crippen molar-refractivity contribution in [2.24, 2.45) is 5.92 Å². The lowest BCUT2D eigenvalue weighted by Gasteiger charge is -2.34. The highest BCUT2D eigenvalue weighted by Crippen LogP contribution is 2.54. The first kappa shape index (κ1) is 19.9. The lowest BCUT2D eigenvalue weighted by atomic mass is 10.0. The first-order valence-electron chi connectivity index (χ1n) is 9.58. The second-order valence-electron chi connectivity index (χ2n) is 7.80. The number of benzene rings is 2. The molecule has 0 bridgehead atoms. The summed E-state index contributed by atoms with van der Waals surface area (Å²) in [6.45, 7) is 6.21. The van der Waals surface area contributed by atoms with Crippen LogP contribution in [-0.2, 0) is 21.0 Å². The number of fused-ring (bicyclic) bond motifs is 2. The second kappa shape index (κ2) is 7.13. The minimum atomic E-state index is -1.10. The van der Waals surface area contributed by atoms with Crippen LogP contribution in [0.4, 0.5) is 14.5 Å². The van der Waals surface area contributed by atoms with Crippen molar-refractivity contribution < 1.29 is 18.4 Å². The summed E-state index contributed by atoms with van der Waals surface area (Å²) in [5, 5.41) is 0. The van der Waals surface area contributed by atoms with Gasteiger partial charge in [0.05, 0.1) is 12.2 Å². The van der Waals surface area contributed by atoms with Crippen LogP contribution < -0.4 is 4.90 Å². The molecule has 2 heterocycles. The van der Waals surface area contributed by atoms with Crippen molar-refractivity contribution in [2.45, 2.75) is 32.2 Å². The molecule has 2 amide bonds. The van der Waals surface area contributed by atoms with Gasteiger partial charge in [0.25, 0.3) is 5.91 Å². The van der Waals surface area contributed by atoms with Crippen molar-refractivity contribution in [1.29, 1.82) is 0 Å². The summed E-state index contributed by atoms with van der Waals surface area (Å²) in [5.74, 6) is -1.71. The number of nitrogens with zero attached hydrogens (tertiary/aromatic N) is 2. The van der Waals surface area contributed by atoms with Crippen LogP contribution in [0.15, 0.2) is 36.4 Å². The molecule has 1 fully saturated rings. The Morgan fingerprint density at radius 1 is 1.17 bits per heavy atom. The molecule has 1 saturated heterocycles. The Hall–Kier alpha value is -2.41. The molecule has 0 saturated carbocycles. The number of carbonyl (C=O) groups excluding carboxylic acids is 2. The van der Waals surface area contributed by atoms with Crippen LogP contribution in [0.5, 0.6) is 0 Å². The van der Waals surface area contributed by atoms with E-state index >= 15 is 0 Å². The van der Waals surface area contributed by atoms with Gasteiger partial charge in [0.15, 0.2) is 16.5 Å². The van der Waals surface area contributed by atoms with Gasteiger partial charge in [-0.25, -0.2) is 8.78 Å². The standard InChI is InChI=1S/C22H22F2N2O2S/c1-13(2)20(27)26-8-9-29-22(26)16-10-14(3)4-7-19(16)25(21(22)28)12-15-5-6-17(23)18(24)11-15/h4-7,10-11,13H,8-9,12H2,1-3H3. The van der Waals surface area contributed by atoms with Crippen molar-refractivity contribution in [1.82, 2.24) is 4.90 Å². The van der Waals surface area contributed by atoms with Gasteiger partial charge in [0.2, 0.25) is 5.91 Å². The molecule has 4 nitrogen and oxygen atoms in total. The molecule has 1 spiro atoms. The molecule has 2 aliphatic heterocycles. The van der Waals surface area contributed by atoms with Gasteiger partial charge in [-0.15, -0.1) is 11.8 Å². The highest BCUT2D eigenvalue weighted by molar-refractivity contribution is 8.01. The molecule has 2 aromatic carbocycles. The fourth-order valence-corrected chi connectivity index (χ4v) is 5.50. The third-order valence-corrected chi connectivity index (χ3v) is 6.85. The smallest absolute Gasteiger partial charge is 0.268 e. The molecule has 152 valence electrons. The number of halogens is 2. The van der Waals surface area contributed by atoms with Crippen LogP contribution >= 0.6 is 11.8 Å². The monoisotopic (exact) mass is 416 g/mol. The Balaban J connectivity index is 1.81. The largest absolute Gasteiger partial charge is 0.315 e. The van der Waals surface area contributed by atoms with Crippen LogP contribution in [0.25, 0.3) is 0 Å². The van der Waals surface area contributed by atoms with Crippen molar-refractivity contribution in [2.75, 3.05) is 17.2 Å². The Bertz CT molecular complexity index is 1010. The molecule has 0 N–H and O–H groups in total. The van der Waals surface area contributed by atoms with Crippen molar-refractivity contribution in [3.8, 4) is 0 Å². The van der Waals surface area contributed by atoms with E-state index in [1.54, 1.807) is 9.80 Å². The van der Waals surface area contributed by atoms with E-state index in [1.807, 2.05) is 39.0 Å². The van der Waals surface area contributed by atoms with E-state index < -0.39 is 16.5 Å². The summed E-state index contributed by atoms with van der Waals surface area (Å²) in [5.41, 5.74) is 2.99. The normalized spacial score (nSPS) is 20.8. The molecular weight excluding hydrogens is 394 g/mol. The van der Waals surface area contributed by atoms with E-state index in [2.05, 4.69) is 0 Å². The summed E-state index contributed by atoms with van der Waals surface area (Å²) in [4.78, 5) is 28.9. The Morgan fingerprint density at radius 2 is 1.93 bits per heavy atom. The molecule has 29 heavy (non-hydrogen) atoms. The predicted molar refractivity (Wildman–Crippen MR) is 109 cm³/mol. The lowest BCUT2D eigenvalue weighted by Crippen LogP contribution is -2.51. The maximum absolute atomic E-state index is 13.7. The zero-order valence-electron chi connectivity index (χ0n) is 16.5. The summed E-state index contributed by atoms with van der Waals surface area (Å²) in [7, 11) is 0. The summed E-state index contributed by atoms with van der Waals surface area (Å²) in [6.07, 6.45) is 0. The number of amides is 2. The molecule has 4 rings (SSSR count). The van der Waals surface area contributed by atoms with Gasteiger partial charge < -0.3 is 9.80 Å². The molecular formula is C22H22F2N2O2S. The predicted octanol–water partition coefficient (Wildman–Crippen LogP) is 4.20. The van der Waals surface area contributed by atoms with Gasteiger partial charge in [0, 0.05) is 23.8 Å². The Labute approximate surface area is 172 Å². The highest BCUT2D eigenvalue weighted by Gasteiger charge is 2.59. The Kier molecular flexibility index (Phi) is 4.89. The maximum atomic E-state index is 13.7. The van der Waals surface area contributed by atoms with Gasteiger partial charge >= 0.3 is 0 Å². The topological polar surface area (TPSA) is 40.6 Å².